The molecule has 0 aliphatic heterocycles. The largest absolute Gasteiger partial charge is 0.347 e. The lowest BCUT2D eigenvalue weighted by atomic mass is 10.3. The average molecular weight is 290 g/mol. The van der Waals surface area contributed by atoms with Crippen molar-refractivity contribution in [1.29, 1.82) is 0 Å². The summed E-state index contributed by atoms with van der Waals surface area (Å²) in [5.41, 5.74) is -0.230. The zero-order chi connectivity index (χ0) is 15.2. The Balaban J connectivity index is 2.12. The number of carbonyl (C=O) groups is 1. The molecule has 2 aromatic rings. The summed E-state index contributed by atoms with van der Waals surface area (Å²) in [6.45, 7) is 3.78. The van der Waals surface area contributed by atoms with Crippen LogP contribution >= 0.6 is 0 Å². The highest BCUT2D eigenvalue weighted by Gasteiger charge is 2.10. The molecule has 0 aliphatic carbocycles. The van der Waals surface area contributed by atoms with Crippen LogP contribution in [0.2, 0.25) is 0 Å². The molecule has 21 heavy (non-hydrogen) atoms. The van der Waals surface area contributed by atoms with Crippen LogP contribution in [0.15, 0.2) is 43.2 Å². The van der Waals surface area contributed by atoms with Gasteiger partial charge in [0, 0.05) is 6.54 Å². The molecule has 0 atom stereocenters. The topological polar surface area (TPSA) is 66.9 Å². The van der Waals surface area contributed by atoms with Crippen molar-refractivity contribution in [2.45, 2.75) is 0 Å². The van der Waals surface area contributed by atoms with Crippen molar-refractivity contribution in [3.63, 3.8) is 0 Å². The minimum absolute atomic E-state index is 0.0939. The van der Waals surface area contributed by atoms with Crippen molar-refractivity contribution in [2.24, 2.45) is 0 Å². The van der Waals surface area contributed by atoms with Gasteiger partial charge in [0.25, 0.3) is 5.91 Å². The lowest BCUT2D eigenvalue weighted by molar-refractivity contribution is 0.0952. The molecule has 0 unspecified atom stereocenters. The summed E-state index contributed by atoms with van der Waals surface area (Å²) in [5, 5.41) is 5.01. The minimum atomic E-state index is -0.746. The number of carbonyl (C=O) groups excluding carboxylic acids is 1. The third-order valence-corrected chi connectivity index (χ3v) is 2.51. The Hall–Kier alpha value is -2.83. The van der Waals surface area contributed by atoms with Crippen LogP contribution in [0.1, 0.15) is 10.5 Å². The van der Waals surface area contributed by atoms with Gasteiger partial charge in [-0.3, -0.25) is 4.79 Å². The number of hydrogen-bond acceptors (Lipinski definition) is 4. The van der Waals surface area contributed by atoms with Crippen molar-refractivity contribution < 1.29 is 13.6 Å². The second-order valence-corrected chi connectivity index (χ2v) is 4.01. The molecular weight excluding hydrogens is 278 g/mol. The molecule has 0 radical (unpaired) electrons. The molecular formula is C14H12F2N4O. The van der Waals surface area contributed by atoms with Crippen molar-refractivity contribution in [2.75, 3.05) is 11.9 Å². The summed E-state index contributed by atoms with van der Waals surface area (Å²) in [5.74, 6) is -1.78. The highest BCUT2D eigenvalue weighted by Crippen LogP contribution is 2.21. The van der Waals surface area contributed by atoms with Gasteiger partial charge < -0.3 is 10.6 Å². The fourth-order valence-corrected chi connectivity index (χ4v) is 1.51. The Morgan fingerprint density at radius 1 is 1.24 bits per heavy atom. The van der Waals surface area contributed by atoms with Crippen LogP contribution in [0.3, 0.4) is 0 Å². The van der Waals surface area contributed by atoms with E-state index in [9.17, 15) is 13.6 Å². The van der Waals surface area contributed by atoms with E-state index in [-0.39, 0.29) is 17.2 Å². The van der Waals surface area contributed by atoms with Crippen molar-refractivity contribution in [3.8, 4) is 0 Å². The fraction of sp³-hybridized carbons (Fsp3) is 0.0714. The predicted molar refractivity (Wildman–Crippen MR) is 74.2 cm³/mol. The summed E-state index contributed by atoms with van der Waals surface area (Å²) < 4.78 is 26.9. The van der Waals surface area contributed by atoms with Gasteiger partial charge in [-0.05, 0) is 12.1 Å². The van der Waals surface area contributed by atoms with Gasteiger partial charge in [0.2, 0.25) is 0 Å². The summed E-state index contributed by atoms with van der Waals surface area (Å²) in [7, 11) is 0. The monoisotopic (exact) mass is 290 g/mol. The molecule has 1 amide bonds. The summed E-state index contributed by atoms with van der Waals surface area (Å²) >= 11 is 0. The molecule has 0 spiro atoms. The van der Waals surface area contributed by atoms with E-state index in [0.717, 1.165) is 12.1 Å². The van der Waals surface area contributed by atoms with Gasteiger partial charge in [-0.1, -0.05) is 12.1 Å². The van der Waals surface area contributed by atoms with Gasteiger partial charge in [0.05, 0.1) is 12.4 Å². The number of hydrogen-bond donors (Lipinski definition) is 2. The molecule has 2 N–H and O–H groups in total. The lowest BCUT2D eigenvalue weighted by Crippen LogP contribution is -2.24. The number of rotatable bonds is 5. The van der Waals surface area contributed by atoms with E-state index >= 15 is 0 Å². The molecule has 0 saturated carbocycles. The first-order valence-electron chi connectivity index (χ1n) is 6.04. The van der Waals surface area contributed by atoms with Crippen molar-refractivity contribution >= 4 is 17.4 Å². The first-order chi connectivity index (χ1) is 10.1. The zero-order valence-corrected chi connectivity index (χ0v) is 10.9. The van der Waals surface area contributed by atoms with Crippen LogP contribution in [-0.2, 0) is 0 Å². The highest BCUT2D eigenvalue weighted by atomic mass is 19.1. The average Bonchev–Trinajstić information content (AvgIpc) is 2.49. The smallest absolute Gasteiger partial charge is 0.271 e. The van der Waals surface area contributed by atoms with Crippen molar-refractivity contribution in [3.05, 3.63) is 60.6 Å². The number of para-hydroxylation sites is 1. The number of halogens is 2. The van der Waals surface area contributed by atoms with Crippen LogP contribution in [0.25, 0.3) is 0 Å². The molecule has 0 saturated heterocycles. The van der Waals surface area contributed by atoms with Crippen LogP contribution in [0.5, 0.6) is 0 Å². The van der Waals surface area contributed by atoms with Gasteiger partial charge in [0.1, 0.15) is 28.8 Å². The van der Waals surface area contributed by atoms with Gasteiger partial charge in [0.15, 0.2) is 0 Å². The number of nitrogens with one attached hydrogen (secondary N) is 2. The van der Waals surface area contributed by atoms with Gasteiger partial charge in [-0.25, -0.2) is 18.7 Å². The third-order valence-electron chi connectivity index (χ3n) is 2.51. The van der Waals surface area contributed by atoms with Crippen LogP contribution in [0.4, 0.5) is 20.3 Å². The number of amides is 1. The molecule has 1 aromatic heterocycles. The second kappa shape index (κ2) is 6.56. The molecule has 108 valence electrons. The SMILES string of the molecule is C=CCNC(=O)c1cnc(Nc2c(F)cccc2F)cn1. The van der Waals surface area contributed by atoms with E-state index in [4.69, 9.17) is 0 Å². The van der Waals surface area contributed by atoms with E-state index in [0.29, 0.717) is 6.54 Å². The number of anilines is 2. The lowest BCUT2D eigenvalue weighted by Gasteiger charge is -2.08. The Kier molecular flexibility index (Phi) is 4.55. The third kappa shape index (κ3) is 3.59. The quantitative estimate of drug-likeness (QED) is 0.830. The Morgan fingerprint density at radius 3 is 2.52 bits per heavy atom. The molecule has 0 aliphatic rings. The normalized spacial score (nSPS) is 10.0. The first kappa shape index (κ1) is 14.6. The molecule has 0 bridgehead atoms. The maximum atomic E-state index is 13.5. The highest BCUT2D eigenvalue weighted by molar-refractivity contribution is 5.92. The van der Waals surface area contributed by atoms with E-state index in [2.05, 4.69) is 27.2 Å². The van der Waals surface area contributed by atoms with E-state index in [1.807, 2.05) is 0 Å². The summed E-state index contributed by atoms with van der Waals surface area (Å²) in [6.07, 6.45) is 3.95. The molecule has 7 heteroatoms. The van der Waals surface area contributed by atoms with Gasteiger partial charge in [-0.15, -0.1) is 6.58 Å². The summed E-state index contributed by atoms with van der Waals surface area (Å²) in [6, 6.07) is 3.50. The van der Waals surface area contributed by atoms with Crippen LogP contribution in [0, 0.1) is 11.6 Å². The number of aromatic nitrogens is 2. The molecule has 2 rings (SSSR count). The number of benzene rings is 1. The van der Waals surface area contributed by atoms with Crippen LogP contribution < -0.4 is 10.6 Å². The molecule has 1 aromatic carbocycles. The molecule has 1 heterocycles. The van der Waals surface area contributed by atoms with Crippen molar-refractivity contribution in [1.82, 2.24) is 15.3 Å². The summed E-state index contributed by atoms with van der Waals surface area (Å²) in [4.78, 5) is 19.3. The predicted octanol–water partition coefficient (Wildman–Crippen LogP) is 2.41. The zero-order valence-electron chi connectivity index (χ0n) is 10.9. The maximum Gasteiger partial charge on any atom is 0.271 e. The minimum Gasteiger partial charge on any atom is -0.347 e. The molecule has 0 fully saturated rings. The van der Waals surface area contributed by atoms with E-state index in [1.54, 1.807) is 0 Å². The van der Waals surface area contributed by atoms with E-state index < -0.39 is 17.5 Å². The van der Waals surface area contributed by atoms with Gasteiger partial charge >= 0.3 is 0 Å². The first-order valence-corrected chi connectivity index (χ1v) is 6.04. The van der Waals surface area contributed by atoms with Gasteiger partial charge in [-0.2, -0.15) is 0 Å². The maximum absolute atomic E-state index is 13.5. The Bertz CT molecular complexity index is 638. The molecule has 5 nitrogen and oxygen atoms in total. The standard InChI is InChI=1S/C14H12F2N4O/c1-2-6-17-14(21)11-7-19-12(8-18-11)20-13-9(15)4-3-5-10(13)16/h2-5,7-8H,1,6H2,(H,17,21)(H,19,20). The Labute approximate surface area is 119 Å². The van der Waals surface area contributed by atoms with E-state index in [1.165, 1.54) is 24.5 Å². The second-order valence-electron chi connectivity index (χ2n) is 4.01. The van der Waals surface area contributed by atoms with Crippen LogP contribution in [-0.4, -0.2) is 22.4 Å². The fourth-order valence-electron chi connectivity index (χ4n) is 1.51. The Morgan fingerprint density at radius 2 is 1.95 bits per heavy atom. The number of nitrogens with zero attached hydrogens (tertiary/aromatic N) is 2.